The van der Waals surface area contributed by atoms with Crippen LogP contribution in [0.25, 0.3) is 0 Å². The Labute approximate surface area is 168 Å². The molecule has 2 aliphatic carbocycles. The lowest BCUT2D eigenvalue weighted by molar-refractivity contribution is 0.400. The molecule has 0 heterocycles. The number of ether oxygens (including phenoxy) is 1. The summed E-state index contributed by atoms with van der Waals surface area (Å²) < 4.78 is 34.7. The zero-order valence-electron chi connectivity index (χ0n) is 16.8. The van der Waals surface area contributed by atoms with E-state index >= 15 is 0 Å². The summed E-state index contributed by atoms with van der Waals surface area (Å²) in [4.78, 5) is 0.250. The van der Waals surface area contributed by atoms with Gasteiger partial charge >= 0.3 is 0 Å². The summed E-state index contributed by atoms with van der Waals surface area (Å²) in [5.41, 5.74) is 6.13. The summed E-state index contributed by atoms with van der Waals surface area (Å²) in [6.07, 6.45) is 8.85. The molecule has 0 aromatic heterocycles. The summed E-state index contributed by atoms with van der Waals surface area (Å²) in [7, 11) is -2.14. The van der Waals surface area contributed by atoms with Crippen LogP contribution in [-0.4, -0.2) is 15.5 Å². The Morgan fingerprint density at radius 3 is 2.07 bits per heavy atom. The standard InChI is InChI=1S/C23H29NO3S/c1-16(18-12-11-17-7-3-4-8-19(17)13-18)24-28(25,26)23-15-21-10-6-5-9-20(21)14-22(23)27-2/h11-16,24H,3-10H2,1-2H3/t16-/m1/s1. The van der Waals surface area contributed by atoms with Gasteiger partial charge in [0.05, 0.1) is 7.11 Å². The predicted molar refractivity (Wildman–Crippen MR) is 111 cm³/mol. The molecule has 0 amide bonds. The Balaban J connectivity index is 1.62. The first-order chi connectivity index (χ1) is 13.5. The van der Waals surface area contributed by atoms with Crippen LogP contribution in [0.3, 0.4) is 0 Å². The highest BCUT2D eigenvalue weighted by atomic mass is 32.2. The Bertz CT molecular complexity index is 982. The third kappa shape index (κ3) is 3.83. The highest BCUT2D eigenvalue weighted by Crippen LogP contribution is 2.33. The van der Waals surface area contributed by atoms with Crippen molar-refractivity contribution in [3.05, 3.63) is 58.1 Å². The van der Waals surface area contributed by atoms with Gasteiger partial charge in [-0.05, 0) is 98.2 Å². The molecule has 0 fully saturated rings. The molecule has 0 spiro atoms. The van der Waals surface area contributed by atoms with Crippen LogP contribution in [0.1, 0.15) is 66.5 Å². The molecule has 4 rings (SSSR count). The second-order valence-corrected chi connectivity index (χ2v) is 9.74. The number of methoxy groups -OCH3 is 1. The van der Waals surface area contributed by atoms with Gasteiger partial charge in [0.25, 0.3) is 0 Å². The van der Waals surface area contributed by atoms with Crippen molar-refractivity contribution in [1.29, 1.82) is 0 Å². The van der Waals surface area contributed by atoms with E-state index in [1.54, 1.807) is 0 Å². The number of sulfonamides is 1. The molecule has 150 valence electrons. The van der Waals surface area contributed by atoms with Gasteiger partial charge < -0.3 is 4.74 Å². The summed E-state index contributed by atoms with van der Waals surface area (Å²) in [5.74, 6) is 0.436. The van der Waals surface area contributed by atoms with Crippen LogP contribution in [0.4, 0.5) is 0 Å². The van der Waals surface area contributed by atoms with Crippen molar-refractivity contribution >= 4 is 10.0 Å². The van der Waals surface area contributed by atoms with E-state index in [9.17, 15) is 8.42 Å². The highest BCUT2D eigenvalue weighted by molar-refractivity contribution is 7.89. The molecule has 2 aromatic rings. The van der Waals surface area contributed by atoms with Gasteiger partial charge in [-0.1, -0.05) is 18.2 Å². The smallest absolute Gasteiger partial charge is 0.244 e. The van der Waals surface area contributed by atoms with E-state index in [0.29, 0.717) is 5.75 Å². The van der Waals surface area contributed by atoms with Crippen molar-refractivity contribution in [3.63, 3.8) is 0 Å². The molecule has 4 nitrogen and oxygen atoms in total. The third-order valence-electron chi connectivity index (χ3n) is 6.12. The zero-order valence-corrected chi connectivity index (χ0v) is 17.6. The Hall–Kier alpha value is -1.85. The minimum atomic E-state index is -3.68. The second-order valence-electron chi connectivity index (χ2n) is 8.06. The number of aryl methyl sites for hydroxylation is 4. The molecule has 2 aliphatic rings. The van der Waals surface area contributed by atoms with Crippen molar-refractivity contribution in [2.75, 3.05) is 7.11 Å². The summed E-state index contributed by atoms with van der Waals surface area (Å²) in [6.45, 7) is 1.91. The number of benzene rings is 2. The maximum absolute atomic E-state index is 13.2. The summed E-state index contributed by atoms with van der Waals surface area (Å²) in [5, 5.41) is 0. The predicted octanol–water partition coefficient (Wildman–Crippen LogP) is 4.49. The van der Waals surface area contributed by atoms with Gasteiger partial charge in [-0.25, -0.2) is 13.1 Å². The molecule has 0 saturated heterocycles. The van der Waals surface area contributed by atoms with Crippen molar-refractivity contribution in [2.24, 2.45) is 0 Å². The fourth-order valence-corrected chi connectivity index (χ4v) is 5.93. The quantitative estimate of drug-likeness (QED) is 0.806. The molecule has 2 aromatic carbocycles. The second kappa shape index (κ2) is 7.88. The number of nitrogens with one attached hydrogen (secondary N) is 1. The van der Waals surface area contributed by atoms with Crippen molar-refractivity contribution in [1.82, 2.24) is 4.72 Å². The number of rotatable bonds is 5. The SMILES string of the molecule is COc1cc2c(cc1S(=O)(=O)N[C@H](C)c1ccc3c(c1)CCCC3)CCCC2. The van der Waals surface area contributed by atoms with Gasteiger partial charge in [0.15, 0.2) is 0 Å². The van der Waals surface area contributed by atoms with Crippen molar-refractivity contribution in [2.45, 2.75) is 69.2 Å². The number of hydrogen-bond donors (Lipinski definition) is 1. The monoisotopic (exact) mass is 399 g/mol. The topological polar surface area (TPSA) is 55.4 Å². The van der Waals surface area contributed by atoms with E-state index in [0.717, 1.165) is 49.7 Å². The molecular formula is C23H29NO3S. The van der Waals surface area contributed by atoms with Crippen LogP contribution in [0.2, 0.25) is 0 Å². The van der Waals surface area contributed by atoms with Crippen LogP contribution < -0.4 is 9.46 Å². The highest BCUT2D eigenvalue weighted by Gasteiger charge is 2.25. The average Bonchev–Trinajstić information content (AvgIpc) is 2.72. The van der Waals surface area contributed by atoms with Crippen LogP contribution in [0, 0.1) is 0 Å². The molecule has 1 N–H and O–H groups in total. The average molecular weight is 400 g/mol. The Morgan fingerprint density at radius 1 is 0.857 bits per heavy atom. The molecule has 0 radical (unpaired) electrons. The van der Waals surface area contributed by atoms with E-state index < -0.39 is 10.0 Å². The molecule has 5 heteroatoms. The fraction of sp³-hybridized carbons (Fsp3) is 0.478. The van der Waals surface area contributed by atoms with E-state index in [4.69, 9.17) is 4.74 Å². The minimum absolute atomic E-state index is 0.250. The zero-order chi connectivity index (χ0) is 19.7. The van der Waals surface area contributed by atoms with Crippen LogP contribution in [-0.2, 0) is 35.7 Å². The Kier molecular flexibility index (Phi) is 5.48. The van der Waals surface area contributed by atoms with Crippen molar-refractivity contribution in [3.8, 4) is 5.75 Å². The fourth-order valence-electron chi connectivity index (χ4n) is 4.50. The molecule has 0 unspecified atom stereocenters. The van der Waals surface area contributed by atoms with Crippen LogP contribution in [0.5, 0.6) is 5.75 Å². The van der Waals surface area contributed by atoms with Crippen LogP contribution >= 0.6 is 0 Å². The van der Waals surface area contributed by atoms with Gasteiger partial charge in [0.2, 0.25) is 10.0 Å². The molecule has 0 aliphatic heterocycles. The Morgan fingerprint density at radius 2 is 1.43 bits per heavy atom. The van der Waals surface area contributed by atoms with E-state index in [1.165, 1.54) is 36.6 Å². The molecule has 28 heavy (non-hydrogen) atoms. The first kappa shape index (κ1) is 19.5. The maximum atomic E-state index is 13.2. The normalized spacial score (nSPS) is 17.5. The first-order valence-electron chi connectivity index (χ1n) is 10.3. The van der Waals surface area contributed by atoms with Gasteiger partial charge in [0.1, 0.15) is 10.6 Å². The molecule has 1 atom stereocenters. The van der Waals surface area contributed by atoms with E-state index in [2.05, 4.69) is 22.9 Å². The number of fused-ring (bicyclic) bond motifs is 2. The lowest BCUT2D eigenvalue weighted by Crippen LogP contribution is -2.28. The largest absolute Gasteiger partial charge is 0.495 e. The van der Waals surface area contributed by atoms with E-state index in [1.807, 2.05) is 19.1 Å². The molecular weight excluding hydrogens is 370 g/mol. The van der Waals surface area contributed by atoms with Crippen molar-refractivity contribution < 1.29 is 13.2 Å². The van der Waals surface area contributed by atoms with Gasteiger partial charge in [0, 0.05) is 6.04 Å². The summed E-state index contributed by atoms with van der Waals surface area (Å²) in [6, 6.07) is 9.82. The van der Waals surface area contributed by atoms with Gasteiger partial charge in [-0.2, -0.15) is 0 Å². The molecule has 0 saturated carbocycles. The third-order valence-corrected chi connectivity index (χ3v) is 7.68. The first-order valence-corrected chi connectivity index (χ1v) is 11.8. The maximum Gasteiger partial charge on any atom is 0.244 e. The summed E-state index contributed by atoms with van der Waals surface area (Å²) >= 11 is 0. The number of hydrogen-bond acceptors (Lipinski definition) is 3. The van der Waals surface area contributed by atoms with E-state index in [-0.39, 0.29) is 10.9 Å². The van der Waals surface area contributed by atoms with Crippen LogP contribution in [0.15, 0.2) is 35.2 Å². The lowest BCUT2D eigenvalue weighted by atomic mass is 9.89. The van der Waals surface area contributed by atoms with Gasteiger partial charge in [-0.15, -0.1) is 0 Å². The lowest BCUT2D eigenvalue weighted by Gasteiger charge is -2.22. The molecule has 0 bridgehead atoms. The van der Waals surface area contributed by atoms with Gasteiger partial charge in [-0.3, -0.25) is 0 Å². The minimum Gasteiger partial charge on any atom is -0.495 e.